The topological polar surface area (TPSA) is 98.7 Å². The number of carbonyl (C=O) groups is 2. The van der Waals surface area contributed by atoms with Gasteiger partial charge in [0.05, 0.1) is 40.9 Å². The molecule has 0 N–H and O–H groups in total. The van der Waals surface area contributed by atoms with E-state index in [0.29, 0.717) is 45.1 Å². The van der Waals surface area contributed by atoms with Gasteiger partial charge in [-0.15, -0.1) is 11.3 Å². The third-order valence-corrected chi connectivity index (χ3v) is 5.98. The lowest BCUT2D eigenvalue weighted by molar-refractivity contribution is 0.0598. The molecule has 31 heavy (non-hydrogen) atoms. The van der Waals surface area contributed by atoms with Crippen LogP contribution in [0.25, 0.3) is 21.7 Å². The molecule has 0 spiro atoms. The lowest BCUT2D eigenvalue weighted by Crippen LogP contribution is -2.26. The summed E-state index contributed by atoms with van der Waals surface area (Å²) in [6.45, 7) is 5.65. The summed E-state index contributed by atoms with van der Waals surface area (Å²) in [5.41, 5.74) is 2.36. The molecule has 4 aromatic heterocycles. The van der Waals surface area contributed by atoms with Crippen LogP contribution in [0.3, 0.4) is 0 Å². The van der Waals surface area contributed by atoms with Crippen LogP contribution in [0.1, 0.15) is 42.8 Å². The summed E-state index contributed by atoms with van der Waals surface area (Å²) in [4.78, 5) is 33.4. The highest BCUT2D eigenvalue weighted by atomic mass is 32.1. The number of nitrogens with zero attached hydrogens (tertiary/aromatic N) is 3. The number of hydrogen-bond acceptors (Lipinski definition) is 8. The van der Waals surface area contributed by atoms with Crippen molar-refractivity contribution in [2.75, 3.05) is 14.2 Å². The Bertz CT molecular complexity index is 1300. The van der Waals surface area contributed by atoms with Gasteiger partial charge < -0.3 is 18.6 Å². The van der Waals surface area contributed by atoms with Gasteiger partial charge in [0.1, 0.15) is 17.1 Å². The predicted octanol–water partition coefficient (Wildman–Crippen LogP) is 4.53. The summed E-state index contributed by atoms with van der Waals surface area (Å²) in [5.74, 6) is 0.213. The molecule has 0 aliphatic heterocycles. The molecule has 8 nitrogen and oxygen atoms in total. The zero-order chi connectivity index (χ0) is 22.3. The Morgan fingerprint density at radius 3 is 2.61 bits per heavy atom. The summed E-state index contributed by atoms with van der Waals surface area (Å²) in [7, 11) is 2.98. The zero-order valence-electron chi connectivity index (χ0n) is 17.8. The lowest BCUT2D eigenvalue weighted by Gasteiger charge is -2.16. The number of carbonyl (C=O) groups excluding carboxylic acids is 2. The number of aromatic nitrogens is 2. The second kappa shape index (κ2) is 7.99. The number of furan rings is 1. The highest BCUT2D eigenvalue weighted by molar-refractivity contribution is 7.15. The van der Waals surface area contributed by atoms with Gasteiger partial charge in [0.25, 0.3) is 11.6 Å². The maximum atomic E-state index is 13.4. The molecule has 1 amide bonds. The first-order valence-corrected chi connectivity index (χ1v) is 10.4. The van der Waals surface area contributed by atoms with Gasteiger partial charge >= 0.3 is 5.97 Å². The first-order valence-electron chi connectivity index (χ1n) is 9.55. The fraction of sp³-hybridized carbons (Fsp3) is 0.273. The van der Waals surface area contributed by atoms with Gasteiger partial charge in [0.2, 0.25) is 0 Å². The highest BCUT2D eigenvalue weighted by Crippen LogP contribution is 2.31. The SMILES string of the molecule is COC(=O)c1cc(CN(C)C(=O)c2cc(-c3ccc(C)s3)nc3onc(C)c23)oc1C. The minimum Gasteiger partial charge on any atom is -0.465 e. The maximum Gasteiger partial charge on any atom is 0.341 e. The monoisotopic (exact) mass is 439 g/mol. The van der Waals surface area contributed by atoms with Gasteiger partial charge in [-0.1, -0.05) is 5.16 Å². The Kier molecular flexibility index (Phi) is 5.36. The second-order valence-electron chi connectivity index (χ2n) is 7.25. The number of thiophene rings is 1. The third-order valence-electron chi connectivity index (χ3n) is 4.95. The van der Waals surface area contributed by atoms with Crippen molar-refractivity contribution in [3.05, 3.63) is 57.5 Å². The summed E-state index contributed by atoms with van der Waals surface area (Å²) in [5, 5.41) is 4.57. The van der Waals surface area contributed by atoms with Gasteiger partial charge in [-0.05, 0) is 45.0 Å². The average Bonchev–Trinajstić information content (AvgIpc) is 3.45. The molecule has 0 aliphatic rings. The van der Waals surface area contributed by atoms with Crippen LogP contribution in [-0.2, 0) is 11.3 Å². The molecule has 0 fully saturated rings. The van der Waals surface area contributed by atoms with Gasteiger partial charge in [-0.2, -0.15) is 0 Å². The molecular weight excluding hydrogens is 418 g/mol. The van der Waals surface area contributed by atoms with Crippen LogP contribution >= 0.6 is 11.3 Å². The number of methoxy groups -OCH3 is 1. The number of rotatable bonds is 5. The largest absolute Gasteiger partial charge is 0.465 e. The number of aryl methyl sites for hydroxylation is 3. The van der Waals surface area contributed by atoms with E-state index in [9.17, 15) is 9.59 Å². The molecule has 0 unspecified atom stereocenters. The molecule has 4 rings (SSSR count). The van der Waals surface area contributed by atoms with Crippen molar-refractivity contribution in [1.29, 1.82) is 0 Å². The number of amides is 1. The van der Waals surface area contributed by atoms with Crippen LogP contribution in [0.4, 0.5) is 0 Å². The summed E-state index contributed by atoms with van der Waals surface area (Å²) in [6.07, 6.45) is 0. The number of pyridine rings is 1. The zero-order valence-corrected chi connectivity index (χ0v) is 18.6. The summed E-state index contributed by atoms with van der Waals surface area (Å²) < 4.78 is 15.8. The van der Waals surface area contributed by atoms with E-state index in [2.05, 4.69) is 10.1 Å². The molecule has 0 atom stereocenters. The van der Waals surface area contributed by atoms with E-state index in [-0.39, 0.29) is 12.5 Å². The van der Waals surface area contributed by atoms with E-state index >= 15 is 0 Å². The fourth-order valence-electron chi connectivity index (χ4n) is 3.41. The highest BCUT2D eigenvalue weighted by Gasteiger charge is 2.24. The number of esters is 1. The minimum atomic E-state index is -0.478. The molecule has 9 heteroatoms. The van der Waals surface area contributed by atoms with Crippen LogP contribution in [0, 0.1) is 20.8 Å². The quantitative estimate of drug-likeness (QED) is 0.421. The van der Waals surface area contributed by atoms with Gasteiger partial charge in [0.15, 0.2) is 0 Å². The van der Waals surface area contributed by atoms with Crippen molar-refractivity contribution in [3.63, 3.8) is 0 Å². The molecule has 160 valence electrons. The van der Waals surface area contributed by atoms with Crippen LogP contribution < -0.4 is 0 Å². The lowest BCUT2D eigenvalue weighted by atomic mass is 10.1. The van der Waals surface area contributed by atoms with Gasteiger partial charge in [-0.25, -0.2) is 9.78 Å². The van der Waals surface area contributed by atoms with Gasteiger partial charge in [-0.3, -0.25) is 4.79 Å². The first kappa shape index (κ1) is 20.8. The number of hydrogen-bond donors (Lipinski definition) is 0. The Hall–Kier alpha value is -3.46. The van der Waals surface area contributed by atoms with Crippen molar-refractivity contribution < 1.29 is 23.3 Å². The number of fused-ring (bicyclic) bond motifs is 1. The van der Waals surface area contributed by atoms with Crippen LogP contribution in [0.2, 0.25) is 0 Å². The molecule has 4 aromatic rings. The van der Waals surface area contributed by atoms with Gasteiger partial charge in [0, 0.05) is 11.9 Å². The molecule has 0 radical (unpaired) electrons. The van der Waals surface area contributed by atoms with Crippen LogP contribution in [-0.4, -0.2) is 41.1 Å². The van der Waals surface area contributed by atoms with Crippen molar-refractivity contribution in [2.24, 2.45) is 0 Å². The Morgan fingerprint density at radius 2 is 1.94 bits per heavy atom. The van der Waals surface area contributed by atoms with Crippen molar-refractivity contribution >= 4 is 34.3 Å². The molecular formula is C22H21N3O5S. The molecule has 0 aromatic carbocycles. The van der Waals surface area contributed by atoms with E-state index in [0.717, 1.165) is 9.75 Å². The van der Waals surface area contributed by atoms with E-state index in [4.69, 9.17) is 13.7 Å². The van der Waals surface area contributed by atoms with E-state index < -0.39 is 5.97 Å². The van der Waals surface area contributed by atoms with Crippen molar-refractivity contribution in [1.82, 2.24) is 15.0 Å². The smallest absolute Gasteiger partial charge is 0.341 e. The van der Waals surface area contributed by atoms with Crippen molar-refractivity contribution in [2.45, 2.75) is 27.3 Å². The van der Waals surface area contributed by atoms with E-state index in [1.165, 1.54) is 12.0 Å². The molecule has 0 saturated carbocycles. The standard InChI is InChI=1S/C22H21N3O5S/c1-11-6-7-18(31-11)17-9-16(19-12(2)24-30-20(19)23-17)21(26)25(4)10-14-8-15(13(3)29-14)22(27)28-5/h6-9H,10H2,1-5H3. The first-order chi connectivity index (χ1) is 14.8. The van der Waals surface area contributed by atoms with Crippen molar-refractivity contribution in [3.8, 4) is 10.6 Å². The van der Waals surface area contributed by atoms with Crippen LogP contribution in [0.5, 0.6) is 0 Å². The fourth-order valence-corrected chi connectivity index (χ4v) is 4.24. The predicted molar refractivity (Wildman–Crippen MR) is 115 cm³/mol. The Labute approximate surface area is 182 Å². The third kappa shape index (κ3) is 3.84. The Balaban J connectivity index is 1.69. The molecule has 0 aliphatic carbocycles. The normalized spacial score (nSPS) is 11.1. The second-order valence-corrected chi connectivity index (χ2v) is 8.54. The Morgan fingerprint density at radius 1 is 1.16 bits per heavy atom. The number of ether oxygens (including phenoxy) is 1. The molecule has 0 bridgehead atoms. The summed E-state index contributed by atoms with van der Waals surface area (Å²) in [6, 6.07) is 7.33. The summed E-state index contributed by atoms with van der Waals surface area (Å²) >= 11 is 1.59. The maximum absolute atomic E-state index is 13.4. The minimum absolute atomic E-state index is 0.179. The molecule has 4 heterocycles. The molecule has 0 saturated heterocycles. The van der Waals surface area contributed by atoms with E-state index in [1.807, 2.05) is 19.1 Å². The van der Waals surface area contributed by atoms with Crippen LogP contribution in [0.15, 0.2) is 33.2 Å². The average molecular weight is 439 g/mol. The van der Waals surface area contributed by atoms with E-state index in [1.54, 1.807) is 44.4 Å².